The maximum Gasteiger partial charge on any atom is 0.165 e. The molecule has 1 aliphatic carbocycles. The normalized spacial score (nSPS) is 14.7. The molecule has 3 aromatic heterocycles. The second-order valence-electron chi connectivity index (χ2n) is 7.57. The van der Waals surface area contributed by atoms with Crippen LogP contribution in [0.2, 0.25) is 0 Å². The van der Waals surface area contributed by atoms with Crippen LogP contribution in [0.5, 0.6) is 0 Å². The average Bonchev–Trinajstić information content (AvgIpc) is 3.42. The zero-order valence-electron chi connectivity index (χ0n) is 16.1. The Kier molecular flexibility index (Phi) is 4.68. The molecule has 146 valence electrons. The van der Waals surface area contributed by atoms with Crippen LogP contribution in [0.4, 0.5) is 5.82 Å². The summed E-state index contributed by atoms with van der Waals surface area (Å²) in [5, 5.41) is 0. The van der Waals surface area contributed by atoms with Gasteiger partial charge in [-0.2, -0.15) is 0 Å². The minimum Gasteiger partial charge on any atom is -0.383 e. The van der Waals surface area contributed by atoms with Crippen molar-refractivity contribution in [3.63, 3.8) is 0 Å². The Bertz CT molecular complexity index is 1160. The Hall–Kier alpha value is -2.92. The number of benzene rings is 1. The van der Waals surface area contributed by atoms with Crippen LogP contribution < -0.4 is 5.73 Å². The Morgan fingerprint density at radius 3 is 2.52 bits per heavy atom. The first-order valence-electron chi connectivity index (χ1n) is 10.00. The number of alkyl halides is 1. The Morgan fingerprint density at radius 2 is 1.79 bits per heavy atom. The topological polar surface area (TPSA) is 69.6 Å². The van der Waals surface area contributed by atoms with E-state index in [0.29, 0.717) is 17.6 Å². The molecule has 0 unspecified atom stereocenters. The van der Waals surface area contributed by atoms with Crippen molar-refractivity contribution in [1.82, 2.24) is 19.5 Å². The molecular formula is C23H22ClN5. The molecule has 4 aromatic rings. The maximum atomic E-state index is 6.19. The van der Waals surface area contributed by atoms with Gasteiger partial charge in [0.05, 0.1) is 5.56 Å². The molecule has 5 nitrogen and oxygen atoms in total. The number of hydrogen-bond donors (Lipinski definition) is 1. The molecule has 1 aliphatic rings. The summed E-state index contributed by atoms with van der Waals surface area (Å²) in [7, 11) is 0. The van der Waals surface area contributed by atoms with Crippen LogP contribution >= 0.6 is 11.6 Å². The number of nitrogens with zero attached hydrogens (tertiary/aromatic N) is 4. The molecular weight excluding hydrogens is 382 g/mol. The molecule has 0 aliphatic heterocycles. The van der Waals surface area contributed by atoms with Crippen molar-refractivity contribution in [1.29, 1.82) is 0 Å². The first-order valence-corrected chi connectivity index (χ1v) is 10.5. The summed E-state index contributed by atoms with van der Waals surface area (Å²) in [6.07, 6.45) is 6.67. The molecule has 29 heavy (non-hydrogen) atoms. The van der Waals surface area contributed by atoms with Crippen molar-refractivity contribution in [2.24, 2.45) is 0 Å². The lowest BCUT2D eigenvalue weighted by Gasteiger charge is -2.12. The van der Waals surface area contributed by atoms with E-state index in [-0.39, 0.29) is 0 Å². The molecule has 1 saturated carbocycles. The predicted molar refractivity (Wildman–Crippen MR) is 117 cm³/mol. The molecule has 0 bridgehead atoms. The van der Waals surface area contributed by atoms with Gasteiger partial charge in [0, 0.05) is 29.4 Å². The number of imidazole rings is 1. The van der Waals surface area contributed by atoms with Gasteiger partial charge in [-0.05, 0) is 54.8 Å². The van der Waals surface area contributed by atoms with Crippen LogP contribution in [-0.4, -0.2) is 19.5 Å². The molecule has 6 heteroatoms. The van der Waals surface area contributed by atoms with Gasteiger partial charge in [0.2, 0.25) is 0 Å². The largest absolute Gasteiger partial charge is 0.383 e. The third-order valence-electron chi connectivity index (χ3n) is 5.73. The van der Waals surface area contributed by atoms with Crippen LogP contribution in [0.15, 0.2) is 54.7 Å². The molecule has 0 radical (unpaired) electrons. The first-order chi connectivity index (χ1) is 14.2. The van der Waals surface area contributed by atoms with E-state index < -0.39 is 0 Å². The second-order valence-corrected chi connectivity index (χ2v) is 7.83. The molecule has 0 spiro atoms. The number of nitrogen functional groups attached to an aromatic ring is 1. The fourth-order valence-electron chi connectivity index (χ4n) is 4.19. The lowest BCUT2D eigenvalue weighted by molar-refractivity contribution is 0.700. The highest BCUT2D eigenvalue weighted by molar-refractivity contribution is 6.17. The van der Waals surface area contributed by atoms with Crippen molar-refractivity contribution >= 4 is 28.6 Å². The van der Waals surface area contributed by atoms with E-state index in [2.05, 4.69) is 33.8 Å². The Balaban J connectivity index is 1.75. The minimum atomic E-state index is 0.456. The van der Waals surface area contributed by atoms with Gasteiger partial charge in [0.25, 0.3) is 0 Å². The average molecular weight is 404 g/mol. The zero-order chi connectivity index (χ0) is 19.8. The smallest absolute Gasteiger partial charge is 0.165 e. The van der Waals surface area contributed by atoms with Gasteiger partial charge in [-0.1, -0.05) is 25.0 Å². The SMILES string of the molecule is Nc1ncccc1-c1nc2ccc(C3CCCC3)nc2n1-c1ccc(CCl)cc1. The number of fused-ring (bicyclic) bond motifs is 1. The summed E-state index contributed by atoms with van der Waals surface area (Å²) in [6, 6.07) is 16.2. The number of halogens is 1. The fourth-order valence-corrected chi connectivity index (χ4v) is 4.36. The second kappa shape index (κ2) is 7.48. The molecule has 1 fully saturated rings. The quantitative estimate of drug-likeness (QED) is 0.459. The van der Waals surface area contributed by atoms with E-state index in [1.807, 2.05) is 24.3 Å². The lowest BCUT2D eigenvalue weighted by atomic mass is 10.0. The Labute approximate surface area is 174 Å². The number of nitrogens with two attached hydrogens (primary N) is 1. The van der Waals surface area contributed by atoms with Crippen molar-refractivity contribution < 1.29 is 0 Å². The van der Waals surface area contributed by atoms with Gasteiger partial charge in [-0.25, -0.2) is 15.0 Å². The van der Waals surface area contributed by atoms with Crippen molar-refractivity contribution in [3.8, 4) is 17.1 Å². The number of rotatable bonds is 4. The summed E-state index contributed by atoms with van der Waals surface area (Å²) in [5.41, 5.74) is 11.9. The third kappa shape index (κ3) is 3.25. The summed E-state index contributed by atoms with van der Waals surface area (Å²) in [4.78, 5) is 14.2. The Morgan fingerprint density at radius 1 is 1.00 bits per heavy atom. The summed E-state index contributed by atoms with van der Waals surface area (Å²) in [6.45, 7) is 0. The predicted octanol–water partition coefficient (Wildman–Crippen LogP) is 5.46. The van der Waals surface area contributed by atoms with Gasteiger partial charge in [0.1, 0.15) is 11.3 Å². The molecule has 0 saturated heterocycles. The van der Waals surface area contributed by atoms with Crippen LogP contribution in [0.1, 0.15) is 42.9 Å². The minimum absolute atomic E-state index is 0.456. The van der Waals surface area contributed by atoms with Crippen molar-refractivity contribution in [2.45, 2.75) is 37.5 Å². The molecule has 5 rings (SSSR count). The zero-order valence-corrected chi connectivity index (χ0v) is 16.8. The van der Waals surface area contributed by atoms with Gasteiger partial charge in [0.15, 0.2) is 11.5 Å². The van der Waals surface area contributed by atoms with Crippen LogP contribution in [0, 0.1) is 0 Å². The first kappa shape index (κ1) is 18.1. The van der Waals surface area contributed by atoms with Crippen molar-refractivity contribution in [2.75, 3.05) is 5.73 Å². The highest BCUT2D eigenvalue weighted by atomic mass is 35.5. The highest BCUT2D eigenvalue weighted by Crippen LogP contribution is 2.35. The number of pyridine rings is 2. The van der Waals surface area contributed by atoms with Gasteiger partial charge in [-0.3, -0.25) is 4.57 Å². The van der Waals surface area contributed by atoms with Crippen molar-refractivity contribution in [3.05, 3.63) is 66.0 Å². The number of aromatic nitrogens is 4. The third-order valence-corrected chi connectivity index (χ3v) is 6.04. The molecule has 1 aromatic carbocycles. The highest BCUT2D eigenvalue weighted by Gasteiger charge is 2.22. The van der Waals surface area contributed by atoms with Gasteiger partial charge in [-0.15, -0.1) is 11.6 Å². The summed E-state index contributed by atoms with van der Waals surface area (Å²) in [5.74, 6) is 2.23. The molecule has 0 amide bonds. The van der Waals surface area contributed by atoms with Crippen LogP contribution in [-0.2, 0) is 5.88 Å². The summed E-state index contributed by atoms with van der Waals surface area (Å²) >= 11 is 5.98. The van der Waals surface area contributed by atoms with E-state index in [1.165, 1.54) is 25.7 Å². The van der Waals surface area contributed by atoms with E-state index >= 15 is 0 Å². The molecule has 0 atom stereocenters. The number of hydrogen-bond acceptors (Lipinski definition) is 4. The molecule has 3 heterocycles. The number of anilines is 1. The maximum absolute atomic E-state index is 6.19. The van der Waals surface area contributed by atoms with Gasteiger partial charge < -0.3 is 5.73 Å². The van der Waals surface area contributed by atoms with E-state index in [4.69, 9.17) is 27.3 Å². The van der Waals surface area contributed by atoms with Gasteiger partial charge >= 0.3 is 0 Å². The van der Waals surface area contributed by atoms with Crippen LogP contribution in [0.3, 0.4) is 0 Å². The van der Waals surface area contributed by atoms with E-state index in [1.54, 1.807) is 6.20 Å². The standard InChI is InChI=1S/C23H22ClN5/c24-14-15-7-9-17(10-8-15)29-22(18-6-3-13-26-21(18)25)28-20-12-11-19(27-23(20)29)16-4-1-2-5-16/h3,6-13,16H,1-2,4-5,14H2,(H2,25,26). The molecule has 2 N–H and O–H groups in total. The summed E-state index contributed by atoms with van der Waals surface area (Å²) < 4.78 is 2.08. The lowest BCUT2D eigenvalue weighted by Crippen LogP contribution is -2.03. The van der Waals surface area contributed by atoms with Crippen LogP contribution in [0.25, 0.3) is 28.2 Å². The monoisotopic (exact) mass is 403 g/mol. The van der Waals surface area contributed by atoms with E-state index in [0.717, 1.165) is 39.5 Å². The fraction of sp³-hybridized carbons (Fsp3) is 0.261. The van der Waals surface area contributed by atoms with E-state index in [9.17, 15) is 0 Å².